The highest BCUT2D eigenvalue weighted by Gasteiger charge is 2.27. The van der Waals surface area contributed by atoms with Crippen molar-refractivity contribution in [3.8, 4) is 40.5 Å². The minimum atomic E-state index is -1.17. The number of hydrogen-bond donors (Lipinski definition) is 5. The van der Waals surface area contributed by atoms with E-state index in [1.165, 1.54) is 45.7 Å². The van der Waals surface area contributed by atoms with E-state index in [0.29, 0.717) is 22.2 Å². The summed E-state index contributed by atoms with van der Waals surface area (Å²) in [6.45, 7) is 4.90. The fourth-order valence-corrected chi connectivity index (χ4v) is 5.83. The first-order valence-electron chi connectivity index (χ1n) is 17.3. The van der Waals surface area contributed by atoms with Gasteiger partial charge in [0.25, 0.3) is 0 Å². The van der Waals surface area contributed by atoms with Gasteiger partial charge in [0.15, 0.2) is 6.10 Å². The summed E-state index contributed by atoms with van der Waals surface area (Å²) in [5, 5.41) is 26.0. The van der Waals surface area contributed by atoms with Crippen LogP contribution in [0.2, 0.25) is 5.02 Å². The average molecular weight is 891 g/mol. The van der Waals surface area contributed by atoms with E-state index >= 15 is 0 Å². The van der Waals surface area contributed by atoms with Gasteiger partial charge >= 0.3 is 11.9 Å². The van der Waals surface area contributed by atoms with E-state index in [2.05, 4.69) is 26.7 Å². The summed E-state index contributed by atoms with van der Waals surface area (Å²) in [6.07, 6.45) is 0.323. The number of benzene rings is 2. The van der Waals surface area contributed by atoms with Crippen molar-refractivity contribution in [2.24, 2.45) is 11.5 Å². The summed E-state index contributed by atoms with van der Waals surface area (Å²) < 4.78 is 22.3. The molecule has 0 saturated carbocycles. The Bertz CT molecular complexity index is 2180. The Morgan fingerprint density at radius 2 is 1.39 bits per heavy atom. The molecule has 2 aromatic carbocycles. The van der Waals surface area contributed by atoms with E-state index in [-0.39, 0.29) is 70.5 Å². The number of nitrogens with two attached hydrogens (primary N) is 3. The topological polar surface area (TPSA) is 285 Å². The van der Waals surface area contributed by atoms with E-state index in [1.54, 1.807) is 48.5 Å². The Morgan fingerprint density at radius 3 is 1.95 bits per heavy atom. The highest BCUT2D eigenvalue weighted by molar-refractivity contribution is 7.98. The van der Waals surface area contributed by atoms with E-state index in [0.717, 1.165) is 5.56 Å². The van der Waals surface area contributed by atoms with E-state index in [4.69, 9.17) is 47.4 Å². The SMILES string of the molecule is C[C@H](NC(=O)[C@@H](C)N)C(=O)OC[C@H](COc1ccc(-c2c(C#N)c(N)nc(SCc3coc(-c4ccc(Cl)cc4)n3)c2C#N)cc1)OC(=O)[C@H](C)NC(=O)[C@@H](C)N.Cl.Cl. The molecular formula is C38H42Cl3N9O8S. The van der Waals surface area contributed by atoms with Gasteiger partial charge in [-0.3, -0.25) is 9.59 Å². The number of carbonyl (C=O) groups excluding carboxylic acids is 4. The summed E-state index contributed by atoms with van der Waals surface area (Å²) in [4.78, 5) is 58.3. The molecule has 2 aromatic heterocycles. The average Bonchev–Trinajstić information content (AvgIpc) is 3.66. The third kappa shape index (κ3) is 13.7. The summed E-state index contributed by atoms with van der Waals surface area (Å²) >= 11 is 7.18. The number of aromatic nitrogens is 2. The number of pyridine rings is 1. The van der Waals surface area contributed by atoms with Crippen molar-refractivity contribution in [3.63, 3.8) is 0 Å². The van der Waals surface area contributed by atoms with Crippen LogP contribution in [-0.2, 0) is 34.4 Å². The summed E-state index contributed by atoms with van der Waals surface area (Å²) in [5.74, 6) is -1.98. The van der Waals surface area contributed by atoms with Crippen LogP contribution in [0, 0.1) is 22.7 Å². The van der Waals surface area contributed by atoms with E-state index in [1.807, 2.05) is 6.07 Å². The number of thioether (sulfide) groups is 1. The molecule has 0 bridgehead atoms. The zero-order chi connectivity index (χ0) is 41.8. The maximum atomic E-state index is 12.9. The molecule has 5 atom stereocenters. The van der Waals surface area contributed by atoms with Crippen molar-refractivity contribution in [3.05, 3.63) is 76.6 Å². The lowest BCUT2D eigenvalue weighted by Crippen LogP contribution is -2.48. The van der Waals surface area contributed by atoms with Gasteiger partial charge in [0, 0.05) is 21.9 Å². The third-order valence-electron chi connectivity index (χ3n) is 7.94. The van der Waals surface area contributed by atoms with Crippen LogP contribution >= 0.6 is 48.2 Å². The van der Waals surface area contributed by atoms with Gasteiger partial charge < -0.3 is 46.5 Å². The van der Waals surface area contributed by atoms with Crippen LogP contribution < -0.4 is 32.6 Å². The Hall–Kier alpha value is -5.60. The zero-order valence-electron chi connectivity index (χ0n) is 32.1. The van der Waals surface area contributed by atoms with Gasteiger partial charge in [-0.25, -0.2) is 19.6 Å². The third-order valence-corrected chi connectivity index (χ3v) is 9.20. The molecule has 0 spiro atoms. The van der Waals surface area contributed by atoms with Crippen LogP contribution in [-0.4, -0.2) is 77.2 Å². The highest BCUT2D eigenvalue weighted by Crippen LogP contribution is 2.37. The van der Waals surface area contributed by atoms with Gasteiger partial charge in [-0.1, -0.05) is 35.5 Å². The van der Waals surface area contributed by atoms with Gasteiger partial charge in [-0.15, -0.1) is 24.8 Å². The molecular weight excluding hydrogens is 849 g/mol. The van der Waals surface area contributed by atoms with Crippen LogP contribution in [0.1, 0.15) is 44.5 Å². The molecule has 0 aliphatic rings. The molecule has 314 valence electrons. The predicted octanol–water partition coefficient (Wildman–Crippen LogP) is 4.06. The highest BCUT2D eigenvalue weighted by atomic mass is 35.5. The lowest BCUT2D eigenvalue weighted by molar-refractivity contribution is -0.163. The lowest BCUT2D eigenvalue weighted by Gasteiger charge is -2.22. The van der Waals surface area contributed by atoms with Crippen molar-refractivity contribution in [1.29, 1.82) is 10.5 Å². The van der Waals surface area contributed by atoms with Gasteiger partial charge in [-0.2, -0.15) is 10.5 Å². The zero-order valence-corrected chi connectivity index (χ0v) is 35.3. The number of amides is 2. The lowest BCUT2D eigenvalue weighted by atomic mass is 9.97. The Balaban J connectivity index is 0.00000600. The Kier molecular flexibility index (Phi) is 19.4. The van der Waals surface area contributed by atoms with Crippen molar-refractivity contribution < 1.29 is 37.8 Å². The molecule has 59 heavy (non-hydrogen) atoms. The van der Waals surface area contributed by atoms with Gasteiger partial charge in [-0.05, 0) is 69.7 Å². The minimum Gasteiger partial charge on any atom is -0.490 e. The molecule has 0 radical (unpaired) electrons. The smallest absolute Gasteiger partial charge is 0.328 e. The quantitative estimate of drug-likeness (QED) is 0.0738. The van der Waals surface area contributed by atoms with Gasteiger partial charge in [0.1, 0.15) is 65.9 Å². The normalized spacial score (nSPS) is 13.0. The molecule has 0 saturated heterocycles. The molecule has 0 fully saturated rings. The molecule has 2 heterocycles. The van der Waals surface area contributed by atoms with Crippen LogP contribution in [0.3, 0.4) is 0 Å². The second kappa shape index (κ2) is 23.1. The first-order chi connectivity index (χ1) is 27.1. The molecule has 17 nitrogen and oxygen atoms in total. The maximum absolute atomic E-state index is 12.9. The number of nitrogens with one attached hydrogen (secondary N) is 2. The second-order valence-electron chi connectivity index (χ2n) is 12.7. The van der Waals surface area contributed by atoms with Crippen LogP contribution in [0.15, 0.2) is 64.2 Å². The molecule has 2 amide bonds. The number of nitriles is 2. The van der Waals surface area contributed by atoms with Gasteiger partial charge in [0.2, 0.25) is 17.7 Å². The molecule has 0 aliphatic carbocycles. The number of anilines is 1. The molecule has 0 aliphatic heterocycles. The van der Waals surface area contributed by atoms with Crippen molar-refractivity contribution in [2.45, 2.75) is 68.7 Å². The monoisotopic (exact) mass is 889 g/mol. The predicted molar refractivity (Wildman–Crippen MR) is 223 cm³/mol. The van der Waals surface area contributed by atoms with E-state index in [9.17, 15) is 29.7 Å². The summed E-state index contributed by atoms with van der Waals surface area (Å²) in [5.41, 5.74) is 19.5. The number of hydrogen-bond acceptors (Lipinski definition) is 16. The number of nitrogen functional groups attached to an aromatic ring is 1. The first-order valence-corrected chi connectivity index (χ1v) is 18.7. The number of oxazole rings is 1. The second-order valence-corrected chi connectivity index (χ2v) is 14.1. The fourth-order valence-electron chi connectivity index (χ4n) is 4.83. The largest absolute Gasteiger partial charge is 0.490 e. The first kappa shape index (κ1) is 49.5. The maximum Gasteiger partial charge on any atom is 0.328 e. The Morgan fingerprint density at radius 1 is 0.831 bits per heavy atom. The standard InChI is InChI=1S/C38H40ClN9O8S.2ClH/c1-19(42)33(49)45-21(3)37(51)55-17-28(56-38(52)22(4)46-34(50)20(2)43)16-53-27-11-7-23(8-12-27)31-29(13-40)32(44)48-36(30(31)14-41)57-18-26-15-54-35(47-26)24-5-9-25(39)10-6-24;;/h5-12,15,19-22,28H,16-18,42-43H2,1-4H3,(H2,44,48)(H,45,49)(H,46,50);2*1H/t19-,20-,21+,22+,28+;;/m1../s1. The molecule has 0 unspecified atom stereocenters. The van der Waals surface area contributed by atoms with Crippen molar-refractivity contribution in [2.75, 3.05) is 18.9 Å². The number of esters is 2. The van der Waals surface area contributed by atoms with E-state index < -0.39 is 60.6 Å². The number of carbonyl (C=O) groups is 4. The number of rotatable bonds is 17. The molecule has 4 rings (SSSR count). The van der Waals surface area contributed by atoms with Crippen LogP contribution in [0.25, 0.3) is 22.6 Å². The number of ether oxygens (including phenoxy) is 3. The Labute approximate surface area is 361 Å². The minimum absolute atomic E-state index is 0. The molecule has 4 aromatic rings. The number of halogens is 3. The summed E-state index contributed by atoms with van der Waals surface area (Å²) in [7, 11) is 0. The van der Waals surface area contributed by atoms with Crippen LogP contribution in [0.5, 0.6) is 5.75 Å². The summed E-state index contributed by atoms with van der Waals surface area (Å²) in [6, 6.07) is 13.6. The van der Waals surface area contributed by atoms with Crippen LogP contribution in [0.4, 0.5) is 5.82 Å². The molecule has 8 N–H and O–H groups in total. The van der Waals surface area contributed by atoms with Gasteiger partial charge in [0.05, 0.1) is 23.3 Å². The molecule has 21 heteroatoms. The fraction of sp³-hybridized carbons (Fsp3) is 0.316. The number of nitrogens with zero attached hydrogens (tertiary/aromatic N) is 4. The van der Waals surface area contributed by atoms with Crippen molar-refractivity contribution >= 4 is 77.7 Å². The van der Waals surface area contributed by atoms with Crippen molar-refractivity contribution in [1.82, 2.24) is 20.6 Å².